The summed E-state index contributed by atoms with van der Waals surface area (Å²) in [5, 5.41) is 3.55. The molecule has 0 saturated heterocycles. The average Bonchev–Trinajstić information content (AvgIpc) is 2.70. The Morgan fingerprint density at radius 2 is 0.929 bits per heavy atom. The van der Waals surface area contributed by atoms with Gasteiger partial charge in [-0.05, 0) is 18.5 Å². The molecule has 1 nitrogen and oxygen atoms in total. The highest BCUT2D eigenvalue weighted by Gasteiger charge is 1.95. The molecule has 2 heteroatoms. The summed E-state index contributed by atoms with van der Waals surface area (Å²) in [6.07, 6.45) is 24.5. The van der Waals surface area contributed by atoms with Crippen molar-refractivity contribution in [2.45, 2.75) is 123 Å². The van der Waals surface area contributed by atoms with E-state index in [0.717, 1.165) is 13.1 Å². The zero-order valence-electron chi connectivity index (χ0n) is 18.7. The number of halogens is 1. The zero-order chi connectivity index (χ0) is 19.3. The normalized spacial score (nSPS) is 10.8. The molecule has 0 spiro atoms. The van der Waals surface area contributed by atoms with Crippen LogP contribution >= 0.6 is 12.4 Å². The van der Waals surface area contributed by atoms with Crippen LogP contribution in [0.25, 0.3) is 0 Å². The van der Waals surface area contributed by atoms with Gasteiger partial charge in [-0.15, -0.1) is 12.4 Å². The molecule has 0 atom stereocenters. The van der Waals surface area contributed by atoms with Gasteiger partial charge in [0.05, 0.1) is 0 Å². The topological polar surface area (TPSA) is 12.0 Å². The third-order valence-electron chi connectivity index (χ3n) is 5.63. The van der Waals surface area contributed by atoms with Crippen molar-refractivity contribution < 1.29 is 0 Å². The molecule has 0 unspecified atom stereocenters. The Morgan fingerprint density at radius 1 is 0.536 bits per heavy atom. The zero-order valence-corrected chi connectivity index (χ0v) is 19.5. The van der Waals surface area contributed by atoms with Crippen molar-refractivity contribution in [1.82, 2.24) is 5.32 Å². The molecule has 0 aromatic heterocycles. The smallest absolute Gasteiger partial charge is 0.0205 e. The highest BCUT2D eigenvalue weighted by atomic mass is 35.5. The van der Waals surface area contributed by atoms with Crippen LogP contribution in [0.2, 0.25) is 0 Å². The Hall–Kier alpha value is -0.530. The number of unbranched alkanes of at least 4 members (excludes halogenated alkanes) is 16. The van der Waals surface area contributed by atoms with Gasteiger partial charge in [0.15, 0.2) is 0 Å². The molecule has 0 fully saturated rings. The minimum Gasteiger partial charge on any atom is -0.313 e. The molecule has 164 valence electrons. The summed E-state index contributed by atoms with van der Waals surface area (Å²) in [5.41, 5.74) is 1.39. The monoisotopic (exact) mass is 409 g/mol. The highest BCUT2D eigenvalue weighted by Crippen LogP contribution is 2.14. The lowest BCUT2D eigenvalue weighted by atomic mass is 10.0. The van der Waals surface area contributed by atoms with Gasteiger partial charge in [-0.3, -0.25) is 0 Å². The average molecular weight is 410 g/mol. The van der Waals surface area contributed by atoms with E-state index in [2.05, 4.69) is 42.6 Å². The number of rotatable bonds is 20. The van der Waals surface area contributed by atoms with Gasteiger partial charge in [-0.1, -0.05) is 140 Å². The molecule has 1 N–H and O–H groups in total. The molecule has 0 aliphatic carbocycles. The lowest BCUT2D eigenvalue weighted by Gasteiger charge is -2.05. The van der Waals surface area contributed by atoms with Gasteiger partial charge in [-0.25, -0.2) is 0 Å². The first-order valence-electron chi connectivity index (χ1n) is 12.2. The van der Waals surface area contributed by atoms with Crippen LogP contribution in [0.3, 0.4) is 0 Å². The lowest BCUT2D eigenvalue weighted by Crippen LogP contribution is -2.14. The molecular weight excluding hydrogens is 362 g/mol. The minimum absolute atomic E-state index is 0. The summed E-state index contributed by atoms with van der Waals surface area (Å²) < 4.78 is 0. The first-order valence-corrected chi connectivity index (χ1v) is 12.2. The van der Waals surface area contributed by atoms with Crippen LogP contribution in [0.15, 0.2) is 30.3 Å². The van der Waals surface area contributed by atoms with Crippen molar-refractivity contribution in [3.8, 4) is 0 Å². The summed E-state index contributed by atoms with van der Waals surface area (Å²) in [6, 6.07) is 10.7. The maximum absolute atomic E-state index is 3.55. The van der Waals surface area contributed by atoms with Gasteiger partial charge >= 0.3 is 0 Å². The standard InChI is InChI=1S/C26H47N.ClH/c1-2-3-4-5-6-7-8-9-10-11-12-13-14-15-16-17-21-24-27-25-26-22-19-18-20-23-26;/h18-20,22-23,27H,2-17,21,24-25H2,1H3;1H. The van der Waals surface area contributed by atoms with E-state index in [1.54, 1.807) is 0 Å². The van der Waals surface area contributed by atoms with Crippen LogP contribution in [0.1, 0.15) is 122 Å². The van der Waals surface area contributed by atoms with Crippen LogP contribution in [0, 0.1) is 0 Å². The van der Waals surface area contributed by atoms with Crippen molar-refractivity contribution in [2.24, 2.45) is 0 Å². The van der Waals surface area contributed by atoms with E-state index in [1.165, 1.54) is 115 Å². The maximum atomic E-state index is 3.55. The Balaban J connectivity index is 0.00000729. The second-order valence-corrected chi connectivity index (χ2v) is 8.32. The van der Waals surface area contributed by atoms with E-state index in [0.29, 0.717) is 0 Å². The number of hydrogen-bond donors (Lipinski definition) is 1. The van der Waals surface area contributed by atoms with Gasteiger partial charge < -0.3 is 5.32 Å². The fraction of sp³-hybridized carbons (Fsp3) is 0.769. The van der Waals surface area contributed by atoms with Gasteiger partial charge in [-0.2, -0.15) is 0 Å². The Bertz CT molecular complexity index is 393. The molecule has 0 aliphatic heterocycles. The molecule has 0 aliphatic rings. The Kier molecular flexibility index (Phi) is 22.3. The molecule has 0 radical (unpaired) electrons. The molecule has 1 aromatic carbocycles. The van der Waals surface area contributed by atoms with Crippen molar-refractivity contribution in [2.75, 3.05) is 6.54 Å². The molecule has 0 saturated carbocycles. The van der Waals surface area contributed by atoms with Crippen molar-refractivity contribution in [3.05, 3.63) is 35.9 Å². The van der Waals surface area contributed by atoms with E-state index in [1.807, 2.05) is 0 Å². The molecule has 0 heterocycles. The largest absolute Gasteiger partial charge is 0.313 e. The van der Waals surface area contributed by atoms with Crippen molar-refractivity contribution >= 4 is 12.4 Å². The molecule has 28 heavy (non-hydrogen) atoms. The van der Waals surface area contributed by atoms with Crippen LogP contribution in [-0.4, -0.2) is 6.54 Å². The third-order valence-corrected chi connectivity index (χ3v) is 5.63. The lowest BCUT2D eigenvalue weighted by molar-refractivity contribution is 0.523. The van der Waals surface area contributed by atoms with E-state index < -0.39 is 0 Å². The summed E-state index contributed by atoms with van der Waals surface area (Å²) in [5.74, 6) is 0. The molecular formula is C26H48ClN. The van der Waals surface area contributed by atoms with Crippen molar-refractivity contribution in [3.63, 3.8) is 0 Å². The third kappa shape index (κ3) is 18.8. The fourth-order valence-electron chi connectivity index (χ4n) is 3.80. The highest BCUT2D eigenvalue weighted by molar-refractivity contribution is 5.85. The maximum Gasteiger partial charge on any atom is 0.0205 e. The summed E-state index contributed by atoms with van der Waals surface area (Å²) in [7, 11) is 0. The predicted molar refractivity (Wildman–Crippen MR) is 130 cm³/mol. The number of hydrogen-bond acceptors (Lipinski definition) is 1. The SMILES string of the molecule is CCCCCCCCCCCCCCCCCCCNCc1ccccc1.Cl. The fourth-order valence-corrected chi connectivity index (χ4v) is 3.80. The first kappa shape index (κ1) is 27.5. The Labute approximate surface area is 182 Å². The van der Waals surface area contributed by atoms with E-state index in [9.17, 15) is 0 Å². The first-order chi connectivity index (χ1) is 13.4. The number of benzene rings is 1. The van der Waals surface area contributed by atoms with Crippen LogP contribution < -0.4 is 5.32 Å². The number of nitrogens with one attached hydrogen (secondary N) is 1. The quantitative estimate of drug-likeness (QED) is 0.212. The van der Waals surface area contributed by atoms with Crippen LogP contribution in [0.5, 0.6) is 0 Å². The minimum atomic E-state index is 0. The second-order valence-electron chi connectivity index (χ2n) is 8.32. The molecule has 0 bridgehead atoms. The Morgan fingerprint density at radius 3 is 1.36 bits per heavy atom. The van der Waals surface area contributed by atoms with Crippen molar-refractivity contribution in [1.29, 1.82) is 0 Å². The van der Waals surface area contributed by atoms with E-state index in [-0.39, 0.29) is 12.4 Å². The van der Waals surface area contributed by atoms with E-state index in [4.69, 9.17) is 0 Å². The summed E-state index contributed by atoms with van der Waals surface area (Å²) in [4.78, 5) is 0. The molecule has 0 amide bonds. The molecule has 1 rings (SSSR count). The van der Waals surface area contributed by atoms with Crippen LogP contribution in [-0.2, 0) is 6.54 Å². The van der Waals surface area contributed by atoms with Gasteiger partial charge in [0.2, 0.25) is 0 Å². The summed E-state index contributed by atoms with van der Waals surface area (Å²) in [6.45, 7) is 4.47. The summed E-state index contributed by atoms with van der Waals surface area (Å²) >= 11 is 0. The second kappa shape index (κ2) is 22.8. The van der Waals surface area contributed by atoms with Crippen LogP contribution in [0.4, 0.5) is 0 Å². The predicted octanol–water partition coefficient (Wildman–Crippen LogP) is 8.85. The van der Waals surface area contributed by atoms with E-state index >= 15 is 0 Å². The van der Waals surface area contributed by atoms with Gasteiger partial charge in [0.1, 0.15) is 0 Å². The molecule has 1 aromatic rings. The van der Waals surface area contributed by atoms with Gasteiger partial charge in [0.25, 0.3) is 0 Å². The van der Waals surface area contributed by atoms with Gasteiger partial charge in [0, 0.05) is 6.54 Å².